The van der Waals surface area contributed by atoms with Gasteiger partial charge in [0.15, 0.2) is 11.0 Å². The van der Waals surface area contributed by atoms with Gasteiger partial charge in [-0.25, -0.2) is 5.43 Å². The van der Waals surface area contributed by atoms with Crippen molar-refractivity contribution in [3.8, 4) is 17.1 Å². The summed E-state index contributed by atoms with van der Waals surface area (Å²) < 4.78 is 2.01. The van der Waals surface area contributed by atoms with Gasteiger partial charge in [-0.3, -0.25) is 9.36 Å². The topological polar surface area (TPSA) is 72.2 Å². The molecule has 2 aromatic carbocycles. The molecule has 1 amide bonds. The maximum Gasteiger partial charge on any atom is 0.250 e. The van der Waals surface area contributed by atoms with Crippen LogP contribution in [0.5, 0.6) is 0 Å². The lowest BCUT2D eigenvalue weighted by Gasteiger charge is -2.11. The SMILES string of the molecule is O=C(CSc1nnc(-c2ccccc2)n1-c1ccccc1)NN=C1CCCCCCCCCCC1. The average molecular weight is 490 g/mol. The van der Waals surface area contributed by atoms with Gasteiger partial charge >= 0.3 is 0 Å². The number of nitrogens with one attached hydrogen (secondary N) is 1. The Bertz CT molecular complexity index is 1070. The van der Waals surface area contributed by atoms with Crippen LogP contribution in [0.25, 0.3) is 17.1 Å². The van der Waals surface area contributed by atoms with Crippen LogP contribution in [0, 0.1) is 0 Å². The van der Waals surface area contributed by atoms with Gasteiger partial charge in [0.05, 0.1) is 5.75 Å². The summed E-state index contributed by atoms with van der Waals surface area (Å²) in [4.78, 5) is 12.7. The third-order valence-corrected chi connectivity index (χ3v) is 7.21. The van der Waals surface area contributed by atoms with Crippen molar-refractivity contribution in [2.24, 2.45) is 5.10 Å². The summed E-state index contributed by atoms with van der Waals surface area (Å²) in [6.45, 7) is 0. The van der Waals surface area contributed by atoms with Gasteiger partial charge < -0.3 is 0 Å². The molecule has 0 saturated heterocycles. The highest BCUT2D eigenvalue weighted by molar-refractivity contribution is 7.99. The van der Waals surface area contributed by atoms with Crippen LogP contribution in [0.15, 0.2) is 70.9 Å². The zero-order valence-corrected chi connectivity index (χ0v) is 21.2. The molecule has 1 saturated carbocycles. The number of para-hydroxylation sites is 1. The highest BCUT2D eigenvalue weighted by Crippen LogP contribution is 2.27. The van der Waals surface area contributed by atoms with Crippen molar-refractivity contribution in [1.82, 2.24) is 20.2 Å². The Morgan fingerprint density at radius 1 is 0.800 bits per heavy atom. The highest BCUT2D eigenvalue weighted by Gasteiger charge is 2.17. The van der Waals surface area contributed by atoms with Crippen LogP contribution in [0.4, 0.5) is 0 Å². The van der Waals surface area contributed by atoms with Gasteiger partial charge in [0.2, 0.25) is 0 Å². The number of nitrogens with zero attached hydrogens (tertiary/aromatic N) is 4. The number of amides is 1. The summed E-state index contributed by atoms with van der Waals surface area (Å²) >= 11 is 1.38. The zero-order valence-electron chi connectivity index (χ0n) is 20.4. The lowest BCUT2D eigenvalue weighted by Crippen LogP contribution is -2.22. The van der Waals surface area contributed by atoms with Crippen molar-refractivity contribution in [3.05, 3.63) is 60.7 Å². The van der Waals surface area contributed by atoms with E-state index in [4.69, 9.17) is 0 Å². The molecule has 0 radical (unpaired) electrons. The molecule has 1 aliphatic carbocycles. The maximum atomic E-state index is 12.7. The first-order chi connectivity index (χ1) is 17.3. The average Bonchev–Trinajstić information content (AvgIpc) is 3.32. The standard InChI is InChI=1S/C28H35N5OS/c34-26(30-29-24-18-12-6-4-2-1-3-5-7-13-19-24)22-35-28-32-31-27(23-16-10-8-11-17-23)33(28)25-20-14-9-15-21-25/h8-11,14-17,20-21H,1-7,12-13,18-19,22H2,(H,30,34). The minimum atomic E-state index is -0.113. The van der Waals surface area contributed by atoms with Crippen molar-refractivity contribution in [2.75, 3.05) is 5.75 Å². The first-order valence-corrected chi connectivity index (χ1v) is 13.8. The highest BCUT2D eigenvalue weighted by atomic mass is 32.2. The predicted molar refractivity (Wildman–Crippen MR) is 144 cm³/mol. The molecule has 0 aliphatic heterocycles. The number of hydrazone groups is 1. The molecule has 3 aromatic rings. The van der Waals surface area contributed by atoms with Crippen LogP contribution in [0.3, 0.4) is 0 Å². The van der Waals surface area contributed by atoms with Gasteiger partial charge in [-0.2, -0.15) is 5.10 Å². The fourth-order valence-corrected chi connectivity index (χ4v) is 5.13. The van der Waals surface area contributed by atoms with Crippen LogP contribution in [0.2, 0.25) is 0 Å². The van der Waals surface area contributed by atoms with Gasteiger partial charge in [0.1, 0.15) is 0 Å². The molecule has 1 aliphatic rings. The summed E-state index contributed by atoms with van der Waals surface area (Å²) in [5, 5.41) is 14.1. The van der Waals surface area contributed by atoms with Gasteiger partial charge in [-0.05, 0) is 37.8 Å². The Kier molecular flexibility index (Phi) is 9.95. The van der Waals surface area contributed by atoms with Crippen molar-refractivity contribution in [1.29, 1.82) is 0 Å². The predicted octanol–water partition coefficient (Wildman–Crippen LogP) is 6.80. The van der Waals surface area contributed by atoms with Crippen LogP contribution in [-0.4, -0.2) is 32.1 Å². The van der Waals surface area contributed by atoms with Crippen LogP contribution in [0.1, 0.15) is 70.6 Å². The molecule has 0 bridgehead atoms. The summed E-state index contributed by atoms with van der Waals surface area (Å²) in [5.74, 6) is 0.877. The van der Waals surface area contributed by atoms with Gasteiger partial charge in [0, 0.05) is 17.0 Å². The van der Waals surface area contributed by atoms with Gasteiger partial charge in [-0.1, -0.05) is 105 Å². The molecular formula is C28H35N5OS. The number of carbonyl (C=O) groups is 1. The van der Waals surface area contributed by atoms with E-state index in [1.54, 1.807) is 0 Å². The molecule has 0 atom stereocenters. The van der Waals surface area contributed by atoms with Crippen LogP contribution < -0.4 is 5.43 Å². The van der Waals surface area contributed by atoms with Gasteiger partial charge in [0.25, 0.3) is 5.91 Å². The molecule has 35 heavy (non-hydrogen) atoms. The van der Waals surface area contributed by atoms with Crippen molar-refractivity contribution in [3.63, 3.8) is 0 Å². The molecule has 1 fully saturated rings. The molecule has 0 unspecified atom stereocenters. The molecular weight excluding hydrogens is 454 g/mol. The van der Waals surface area contributed by atoms with E-state index in [-0.39, 0.29) is 11.7 Å². The van der Waals surface area contributed by atoms with Gasteiger partial charge in [-0.15, -0.1) is 10.2 Å². The van der Waals surface area contributed by atoms with E-state index in [0.717, 1.165) is 48.5 Å². The minimum absolute atomic E-state index is 0.113. The molecule has 184 valence electrons. The number of hydrogen-bond acceptors (Lipinski definition) is 5. The Hall–Kier alpha value is -2.93. The summed E-state index contributed by atoms with van der Waals surface area (Å²) in [7, 11) is 0. The van der Waals surface area contributed by atoms with Crippen LogP contribution in [-0.2, 0) is 4.79 Å². The Morgan fingerprint density at radius 2 is 1.37 bits per heavy atom. The molecule has 6 nitrogen and oxygen atoms in total. The Morgan fingerprint density at radius 3 is 2.00 bits per heavy atom. The number of aromatic nitrogens is 3. The van der Waals surface area contributed by atoms with E-state index in [9.17, 15) is 4.79 Å². The second-order valence-electron chi connectivity index (χ2n) is 9.03. The first kappa shape index (κ1) is 25.2. The first-order valence-electron chi connectivity index (χ1n) is 12.8. The molecule has 1 aromatic heterocycles. The van der Waals surface area contributed by atoms with E-state index >= 15 is 0 Å². The van der Waals surface area contributed by atoms with Crippen LogP contribution >= 0.6 is 11.8 Å². The molecule has 1 heterocycles. The second-order valence-corrected chi connectivity index (χ2v) is 9.97. The van der Waals surface area contributed by atoms with E-state index in [2.05, 4.69) is 20.7 Å². The summed E-state index contributed by atoms with van der Waals surface area (Å²) in [6.07, 6.45) is 13.5. The third kappa shape index (κ3) is 7.79. The number of carbonyl (C=O) groups excluding carboxylic acids is 1. The number of hydrogen-bond donors (Lipinski definition) is 1. The number of rotatable bonds is 6. The normalized spacial score (nSPS) is 15.6. The van der Waals surface area contributed by atoms with E-state index in [1.807, 2.05) is 65.2 Å². The largest absolute Gasteiger partial charge is 0.272 e. The van der Waals surface area contributed by atoms with E-state index in [0.29, 0.717) is 5.16 Å². The lowest BCUT2D eigenvalue weighted by atomic mass is 10.00. The zero-order chi connectivity index (χ0) is 24.1. The fourth-order valence-electron chi connectivity index (χ4n) is 4.38. The summed E-state index contributed by atoms with van der Waals surface area (Å²) in [6, 6.07) is 20.0. The number of thioether (sulfide) groups is 1. The third-order valence-electron chi connectivity index (χ3n) is 6.28. The maximum absolute atomic E-state index is 12.7. The van der Waals surface area contributed by atoms with E-state index in [1.165, 1.54) is 56.7 Å². The second kappa shape index (κ2) is 13.8. The summed E-state index contributed by atoms with van der Waals surface area (Å²) in [5.41, 5.74) is 5.88. The number of benzene rings is 2. The van der Waals surface area contributed by atoms with Crippen molar-refractivity contribution < 1.29 is 4.79 Å². The smallest absolute Gasteiger partial charge is 0.250 e. The minimum Gasteiger partial charge on any atom is -0.272 e. The van der Waals surface area contributed by atoms with Crippen molar-refractivity contribution in [2.45, 2.75) is 75.8 Å². The fraction of sp³-hybridized carbons (Fsp3) is 0.429. The molecule has 1 N–H and O–H groups in total. The molecule has 7 heteroatoms. The Labute approximate surface area is 212 Å². The molecule has 0 spiro atoms. The molecule has 4 rings (SSSR count). The quantitative estimate of drug-likeness (QED) is 0.305. The van der Waals surface area contributed by atoms with E-state index < -0.39 is 0 Å². The lowest BCUT2D eigenvalue weighted by molar-refractivity contribution is -0.118. The van der Waals surface area contributed by atoms with Crippen molar-refractivity contribution >= 4 is 23.4 Å². The monoisotopic (exact) mass is 489 g/mol. The Balaban J connectivity index is 1.40.